The molecule has 3 heteroatoms. The summed E-state index contributed by atoms with van der Waals surface area (Å²) in [7, 11) is 2.16. The zero-order valence-electron chi connectivity index (χ0n) is 11.9. The van der Waals surface area contributed by atoms with Crippen LogP contribution in [0.1, 0.15) is 11.1 Å². The van der Waals surface area contributed by atoms with Gasteiger partial charge in [-0.25, -0.2) is 0 Å². The fourth-order valence-electron chi connectivity index (χ4n) is 3.17. The van der Waals surface area contributed by atoms with Crippen LogP contribution >= 0.6 is 0 Å². The van der Waals surface area contributed by atoms with E-state index in [1.165, 1.54) is 41.7 Å². The molecule has 0 amide bonds. The van der Waals surface area contributed by atoms with Crippen LogP contribution in [0.5, 0.6) is 0 Å². The second-order valence-electron chi connectivity index (χ2n) is 5.58. The fraction of sp³-hybridized carbons (Fsp3) is 0.500. The van der Waals surface area contributed by atoms with Crippen molar-refractivity contribution in [1.82, 2.24) is 14.8 Å². The van der Waals surface area contributed by atoms with Crippen LogP contribution in [0.2, 0.25) is 0 Å². The van der Waals surface area contributed by atoms with Gasteiger partial charge in [-0.3, -0.25) is 0 Å². The second-order valence-corrected chi connectivity index (χ2v) is 5.58. The average Bonchev–Trinajstić information content (AvgIpc) is 2.76. The Balaban J connectivity index is 1.79. The third-order valence-electron chi connectivity index (χ3n) is 4.19. The summed E-state index contributed by atoms with van der Waals surface area (Å²) in [5.74, 6) is 0. The molecule has 2 aromatic rings. The minimum Gasteiger partial charge on any atom is -0.350 e. The van der Waals surface area contributed by atoms with E-state index in [0.717, 1.165) is 19.5 Å². The van der Waals surface area contributed by atoms with E-state index < -0.39 is 0 Å². The first kappa shape index (κ1) is 12.7. The number of aryl methyl sites for hydroxylation is 2. The number of hydrogen-bond acceptors (Lipinski definition) is 2. The molecule has 0 spiro atoms. The molecule has 0 unspecified atom stereocenters. The number of hydrogen-bond donors (Lipinski definition) is 1. The van der Waals surface area contributed by atoms with Gasteiger partial charge in [-0.1, -0.05) is 18.2 Å². The number of nitrogens with zero attached hydrogens (tertiary/aromatic N) is 2. The molecular weight excluding hydrogens is 234 g/mol. The summed E-state index contributed by atoms with van der Waals surface area (Å²) >= 11 is 0. The van der Waals surface area contributed by atoms with E-state index in [2.05, 4.69) is 53.2 Å². The van der Waals surface area contributed by atoms with Crippen LogP contribution in [-0.2, 0) is 13.5 Å². The van der Waals surface area contributed by atoms with E-state index >= 15 is 0 Å². The molecule has 1 saturated heterocycles. The molecule has 1 aliphatic heterocycles. The molecule has 102 valence electrons. The van der Waals surface area contributed by atoms with E-state index in [1.807, 2.05) is 0 Å². The first-order valence-corrected chi connectivity index (χ1v) is 7.22. The zero-order valence-corrected chi connectivity index (χ0v) is 11.9. The van der Waals surface area contributed by atoms with E-state index in [-0.39, 0.29) is 0 Å². The van der Waals surface area contributed by atoms with Crippen molar-refractivity contribution in [3.8, 4) is 0 Å². The van der Waals surface area contributed by atoms with Gasteiger partial charge in [0.15, 0.2) is 0 Å². The van der Waals surface area contributed by atoms with Gasteiger partial charge >= 0.3 is 0 Å². The van der Waals surface area contributed by atoms with E-state index in [4.69, 9.17) is 0 Å². The van der Waals surface area contributed by atoms with Crippen molar-refractivity contribution < 1.29 is 0 Å². The molecule has 1 N–H and O–H groups in total. The van der Waals surface area contributed by atoms with E-state index in [0.29, 0.717) is 0 Å². The molecule has 3 rings (SSSR count). The Morgan fingerprint density at radius 2 is 2.00 bits per heavy atom. The number of fused-ring (bicyclic) bond motifs is 1. The second kappa shape index (κ2) is 5.35. The SMILES string of the molecule is Cc1cccc2c(CCN3CCNCC3)cn(C)c12. The molecule has 0 bridgehead atoms. The Kier molecular flexibility index (Phi) is 3.58. The van der Waals surface area contributed by atoms with Gasteiger partial charge in [-0.15, -0.1) is 0 Å². The van der Waals surface area contributed by atoms with Crippen molar-refractivity contribution in [1.29, 1.82) is 0 Å². The summed E-state index contributed by atoms with van der Waals surface area (Å²) in [6, 6.07) is 6.63. The Bertz CT molecular complexity index is 565. The minimum atomic E-state index is 1.13. The van der Waals surface area contributed by atoms with Crippen molar-refractivity contribution in [2.45, 2.75) is 13.3 Å². The zero-order chi connectivity index (χ0) is 13.2. The molecule has 3 nitrogen and oxygen atoms in total. The van der Waals surface area contributed by atoms with Gasteiger partial charge < -0.3 is 14.8 Å². The molecule has 0 radical (unpaired) electrons. The number of para-hydroxylation sites is 1. The summed E-state index contributed by atoms with van der Waals surface area (Å²) in [4.78, 5) is 2.56. The molecule has 19 heavy (non-hydrogen) atoms. The molecule has 1 aromatic heterocycles. The van der Waals surface area contributed by atoms with Gasteiger partial charge in [0.25, 0.3) is 0 Å². The highest BCUT2D eigenvalue weighted by Crippen LogP contribution is 2.24. The van der Waals surface area contributed by atoms with Crippen LogP contribution in [0.4, 0.5) is 0 Å². The van der Waals surface area contributed by atoms with Crippen molar-refractivity contribution in [3.05, 3.63) is 35.5 Å². The molecule has 1 aliphatic rings. The van der Waals surface area contributed by atoms with Crippen LogP contribution < -0.4 is 5.32 Å². The van der Waals surface area contributed by atoms with Crippen molar-refractivity contribution in [2.75, 3.05) is 32.7 Å². The summed E-state index contributed by atoms with van der Waals surface area (Å²) in [5.41, 5.74) is 4.24. The highest BCUT2D eigenvalue weighted by Gasteiger charge is 2.12. The van der Waals surface area contributed by atoms with Crippen molar-refractivity contribution in [2.24, 2.45) is 7.05 Å². The lowest BCUT2D eigenvalue weighted by Crippen LogP contribution is -2.44. The Labute approximate surface area is 115 Å². The molecule has 0 atom stereocenters. The lowest BCUT2D eigenvalue weighted by molar-refractivity contribution is 0.244. The molecule has 2 heterocycles. The predicted octanol–water partition coefficient (Wildman–Crippen LogP) is 1.93. The lowest BCUT2D eigenvalue weighted by Gasteiger charge is -2.26. The standard InChI is InChI=1S/C16H23N3/c1-13-4-3-5-15-14(12-18(2)16(13)15)6-9-19-10-7-17-8-11-19/h3-5,12,17H,6-11H2,1-2H3. The third kappa shape index (κ3) is 2.53. The average molecular weight is 257 g/mol. The maximum absolute atomic E-state index is 3.41. The molecule has 0 saturated carbocycles. The fourth-order valence-corrected chi connectivity index (χ4v) is 3.17. The smallest absolute Gasteiger partial charge is 0.0510 e. The van der Waals surface area contributed by atoms with Gasteiger partial charge in [0.1, 0.15) is 0 Å². The van der Waals surface area contributed by atoms with Crippen LogP contribution in [-0.4, -0.2) is 42.2 Å². The Morgan fingerprint density at radius 3 is 2.79 bits per heavy atom. The third-order valence-corrected chi connectivity index (χ3v) is 4.19. The topological polar surface area (TPSA) is 20.2 Å². The highest BCUT2D eigenvalue weighted by molar-refractivity contribution is 5.86. The highest BCUT2D eigenvalue weighted by atomic mass is 15.2. The monoisotopic (exact) mass is 257 g/mol. The van der Waals surface area contributed by atoms with Crippen LogP contribution in [0.15, 0.2) is 24.4 Å². The van der Waals surface area contributed by atoms with Gasteiger partial charge in [-0.2, -0.15) is 0 Å². The number of piperazine rings is 1. The predicted molar refractivity (Wildman–Crippen MR) is 80.7 cm³/mol. The Hall–Kier alpha value is -1.32. The number of benzene rings is 1. The number of rotatable bonds is 3. The summed E-state index contributed by atoms with van der Waals surface area (Å²) in [6.07, 6.45) is 3.46. The first-order valence-electron chi connectivity index (χ1n) is 7.22. The van der Waals surface area contributed by atoms with Gasteiger partial charge in [-0.05, 0) is 24.5 Å². The van der Waals surface area contributed by atoms with E-state index in [1.54, 1.807) is 0 Å². The van der Waals surface area contributed by atoms with Crippen LogP contribution in [0.3, 0.4) is 0 Å². The van der Waals surface area contributed by atoms with Gasteiger partial charge in [0, 0.05) is 51.4 Å². The summed E-state index contributed by atoms with van der Waals surface area (Å²) in [6.45, 7) is 8.01. The molecular formula is C16H23N3. The van der Waals surface area contributed by atoms with Gasteiger partial charge in [0.2, 0.25) is 0 Å². The summed E-state index contributed by atoms with van der Waals surface area (Å²) in [5, 5.41) is 4.84. The minimum absolute atomic E-state index is 1.13. The largest absolute Gasteiger partial charge is 0.350 e. The maximum atomic E-state index is 3.41. The lowest BCUT2D eigenvalue weighted by atomic mass is 10.1. The molecule has 0 aliphatic carbocycles. The molecule has 1 fully saturated rings. The van der Waals surface area contributed by atoms with Crippen LogP contribution in [0.25, 0.3) is 10.9 Å². The number of aromatic nitrogens is 1. The maximum Gasteiger partial charge on any atom is 0.0510 e. The van der Waals surface area contributed by atoms with E-state index in [9.17, 15) is 0 Å². The van der Waals surface area contributed by atoms with Crippen LogP contribution in [0, 0.1) is 6.92 Å². The van der Waals surface area contributed by atoms with Gasteiger partial charge in [0.05, 0.1) is 5.52 Å². The first-order chi connectivity index (χ1) is 9.25. The molecule has 1 aromatic carbocycles. The summed E-state index contributed by atoms with van der Waals surface area (Å²) < 4.78 is 2.28. The Morgan fingerprint density at radius 1 is 1.21 bits per heavy atom. The van der Waals surface area contributed by atoms with Crippen molar-refractivity contribution >= 4 is 10.9 Å². The normalized spacial score (nSPS) is 17.2. The van der Waals surface area contributed by atoms with Crippen molar-refractivity contribution in [3.63, 3.8) is 0 Å². The quantitative estimate of drug-likeness (QED) is 0.907. The number of nitrogens with one attached hydrogen (secondary N) is 1.